The minimum Gasteiger partial charge on any atom is -0.432 e. The van der Waals surface area contributed by atoms with Gasteiger partial charge in [0.15, 0.2) is 11.6 Å². The van der Waals surface area contributed by atoms with E-state index in [2.05, 4.69) is 0 Å². The van der Waals surface area contributed by atoms with E-state index in [0.29, 0.717) is 0 Å². The van der Waals surface area contributed by atoms with Crippen LogP contribution in [0.1, 0.15) is 36.7 Å². The number of nitrogens with zero attached hydrogens (tertiary/aromatic N) is 1. The van der Waals surface area contributed by atoms with E-state index in [0.717, 1.165) is 13.8 Å². The SMILES string of the molecule is CC(=O)OC(C#N)(C(C)=O)c1ccccc1C(C)=O. The summed E-state index contributed by atoms with van der Waals surface area (Å²) >= 11 is 0. The number of rotatable bonds is 4. The Morgan fingerprint density at radius 1 is 1.16 bits per heavy atom. The number of ketones is 2. The van der Waals surface area contributed by atoms with Gasteiger partial charge in [-0.15, -0.1) is 0 Å². The number of Topliss-reactive ketones (excluding diaryl/α,β-unsaturated/α-hetero) is 2. The first-order valence-corrected chi connectivity index (χ1v) is 5.57. The Labute approximate surface area is 110 Å². The summed E-state index contributed by atoms with van der Waals surface area (Å²) in [4.78, 5) is 34.5. The van der Waals surface area contributed by atoms with E-state index in [1.807, 2.05) is 0 Å². The van der Waals surface area contributed by atoms with Crippen LogP contribution >= 0.6 is 0 Å². The number of carbonyl (C=O) groups is 3. The monoisotopic (exact) mass is 259 g/mol. The quantitative estimate of drug-likeness (QED) is 0.607. The summed E-state index contributed by atoms with van der Waals surface area (Å²) in [6.07, 6.45) is 0. The second kappa shape index (κ2) is 5.44. The van der Waals surface area contributed by atoms with Crippen LogP contribution in [-0.4, -0.2) is 17.5 Å². The topological polar surface area (TPSA) is 84.2 Å². The number of hydrogen-bond donors (Lipinski definition) is 0. The molecule has 0 N–H and O–H groups in total. The molecule has 5 heteroatoms. The molecule has 0 heterocycles. The molecule has 0 amide bonds. The molecule has 1 unspecified atom stereocenters. The van der Waals surface area contributed by atoms with Gasteiger partial charge in [-0.05, 0) is 6.92 Å². The molecule has 0 saturated heterocycles. The molecule has 0 radical (unpaired) electrons. The Hall–Kier alpha value is -2.48. The summed E-state index contributed by atoms with van der Waals surface area (Å²) in [7, 11) is 0. The summed E-state index contributed by atoms with van der Waals surface area (Å²) in [6, 6.07) is 7.81. The maximum Gasteiger partial charge on any atom is 0.304 e. The van der Waals surface area contributed by atoms with Crippen LogP contribution in [0.3, 0.4) is 0 Å². The molecule has 0 aromatic heterocycles. The molecule has 1 aromatic carbocycles. The lowest BCUT2D eigenvalue weighted by Crippen LogP contribution is -2.38. The second-order valence-electron chi connectivity index (χ2n) is 4.04. The maximum absolute atomic E-state index is 11.8. The molecule has 0 bridgehead atoms. The van der Waals surface area contributed by atoms with Crippen molar-refractivity contribution in [2.75, 3.05) is 0 Å². The third-order valence-electron chi connectivity index (χ3n) is 2.64. The largest absolute Gasteiger partial charge is 0.432 e. The lowest BCUT2D eigenvalue weighted by molar-refractivity contribution is -0.159. The molecule has 5 nitrogen and oxygen atoms in total. The lowest BCUT2D eigenvalue weighted by atomic mass is 9.86. The van der Waals surface area contributed by atoms with E-state index in [9.17, 15) is 19.6 Å². The van der Waals surface area contributed by atoms with Gasteiger partial charge in [0.2, 0.25) is 0 Å². The predicted molar refractivity (Wildman–Crippen MR) is 66.2 cm³/mol. The summed E-state index contributed by atoms with van der Waals surface area (Å²) in [5.74, 6) is -1.74. The smallest absolute Gasteiger partial charge is 0.304 e. The third-order valence-corrected chi connectivity index (χ3v) is 2.64. The normalized spacial score (nSPS) is 12.9. The Bertz CT molecular complexity index is 585. The van der Waals surface area contributed by atoms with E-state index in [1.54, 1.807) is 18.2 Å². The molecule has 1 aromatic rings. The molecule has 98 valence electrons. The van der Waals surface area contributed by atoms with Gasteiger partial charge in [0.05, 0.1) is 0 Å². The van der Waals surface area contributed by atoms with Crippen molar-refractivity contribution in [1.29, 1.82) is 5.26 Å². The molecule has 1 rings (SSSR count). The number of nitriles is 1. The average Bonchev–Trinajstić information content (AvgIpc) is 2.35. The zero-order valence-electron chi connectivity index (χ0n) is 10.9. The van der Waals surface area contributed by atoms with Crippen LogP contribution in [0, 0.1) is 11.3 Å². The Kier molecular flexibility index (Phi) is 4.18. The summed E-state index contributed by atoms with van der Waals surface area (Å²) in [6.45, 7) is 3.56. The molecular weight excluding hydrogens is 246 g/mol. The zero-order valence-corrected chi connectivity index (χ0v) is 10.9. The molecule has 1 atom stereocenters. The van der Waals surface area contributed by atoms with E-state index < -0.39 is 17.4 Å². The highest BCUT2D eigenvalue weighted by Crippen LogP contribution is 2.30. The first-order valence-electron chi connectivity index (χ1n) is 5.57. The fraction of sp³-hybridized carbons (Fsp3) is 0.286. The molecule has 19 heavy (non-hydrogen) atoms. The molecule has 0 aliphatic rings. The minimum atomic E-state index is -2.08. The van der Waals surface area contributed by atoms with Gasteiger partial charge < -0.3 is 4.74 Å². The molecule has 0 aliphatic heterocycles. The van der Waals surface area contributed by atoms with Crippen molar-refractivity contribution in [2.45, 2.75) is 26.4 Å². The van der Waals surface area contributed by atoms with Gasteiger partial charge in [0.1, 0.15) is 6.07 Å². The van der Waals surface area contributed by atoms with Gasteiger partial charge in [0.25, 0.3) is 5.60 Å². The number of benzene rings is 1. The molecule has 0 saturated carbocycles. The van der Waals surface area contributed by atoms with E-state index >= 15 is 0 Å². The first kappa shape index (κ1) is 14.6. The zero-order chi connectivity index (χ0) is 14.6. The van der Waals surface area contributed by atoms with Crippen LogP contribution in [0.5, 0.6) is 0 Å². The second-order valence-corrected chi connectivity index (χ2v) is 4.04. The minimum absolute atomic E-state index is 0.0905. The van der Waals surface area contributed by atoms with Crippen LogP contribution < -0.4 is 0 Å². The van der Waals surface area contributed by atoms with Gasteiger partial charge in [-0.1, -0.05) is 24.3 Å². The van der Waals surface area contributed by atoms with Crippen LogP contribution in [0.2, 0.25) is 0 Å². The Morgan fingerprint density at radius 2 is 1.74 bits per heavy atom. The first-order chi connectivity index (χ1) is 8.85. The lowest BCUT2D eigenvalue weighted by Gasteiger charge is -2.25. The van der Waals surface area contributed by atoms with Gasteiger partial charge in [-0.3, -0.25) is 14.4 Å². The summed E-state index contributed by atoms with van der Waals surface area (Å²) in [5.41, 5.74) is -1.80. The average molecular weight is 259 g/mol. The van der Waals surface area contributed by atoms with Crippen molar-refractivity contribution in [1.82, 2.24) is 0 Å². The van der Waals surface area contributed by atoms with Crippen molar-refractivity contribution in [2.24, 2.45) is 0 Å². The van der Waals surface area contributed by atoms with Crippen LogP contribution in [0.25, 0.3) is 0 Å². The molecule has 0 spiro atoms. The third kappa shape index (κ3) is 2.68. The summed E-state index contributed by atoms with van der Waals surface area (Å²) < 4.78 is 4.92. The van der Waals surface area contributed by atoms with Crippen molar-refractivity contribution >= 4 is 17.5 Å². The molecular formula is C14H13NO4. The standard InChI is InChI=1S/C14H13NO4/c1-9(16)12-6-4-5-7-13(12)14(8-15,10(2)17)19-11(3)18/h4-7H,1-3H3. The van der Waals surface area contributed by atoms with Crippen molar-refractivity contribution in [3.8, 4) is 6.07 Å². The highest BCUT2D eigenvalue weighted by atomic mass is 16.6. The number of esters is 1. The van der Waals surface area contributed by atoms with Crippen LogP contribution in [0.15, 0.2) is 24.3 Å². The van der Waals surface area contributed by atoms with E-state index in [-0.39, 0.29) is 16.9 Å². The fourth-order valence-corrected chi connectivity index (χ4v) is 1.79. The van der Waals surface area contributed by atoms with Crippen molar-refractivity contribution < 1.29 is 19.1 Å². The fourth-order valence-electron chi connectivity index (χ4n) is 1.79. The van der Waals surface area contributed by atoms with Gasteiger partial charge in [-0.25, -0.2) is 0 Å². The maximum atomic E-state index is 11.8. The van der Waals surface area contributed by atoms with E-state index in [1.165, 1.54) is 19.1 Å². The van der Waals surface area contributed by atoms with Gasteiger partial charge in [-0.2, -0.15) is 5.26 Å². The van der Waals surface area contributed by atoms with Crippen molar-refractivity contribution in [3.05, 3.63) is 35.4 Å². The highest BCUT2D eigenvalue weighted by Gasteiger charge is 2.43. The predicted octanol–water partition coefficient (Wildman–Crippen LogP) is 1.76. The Balaban J connectivity index is 3.59. The van der Waals surface area contributed by atoms with Gasteiger partial charge in [0, 0.05) is 25.0 Å². The number of ether oxygens (including phenoxy) is 1. The van der Waals surface area contributed by atoms with Crippen LogP contribution in [0.4, 0.5) is 0 Å². The summed E-state index contributed by atoms with van der Waals surface area (Å²) in [5, 5.41) is 9.30. The van der Waals surface area contributed by atoms with Crippen molar-refractivity contribution in [3.63, 3.8) is 0 Å². The van der Waals surface area contributed by atoms with E-state index in [4.69, 9.17) is 4.74 Å². The number of hydrogen-bond acceptors (Lipinski definition) is 5. The Morgan fingerprint density at radius 3 is 2.16 bits per heavy atom. The highest BCUT2D eigenvalue weighted by molar-refractivity contribution is 6.00. The molecule has 0 fully saturated rings. The van der Waals surface area contributed by atoms with Crippen LogP contribution in [-0.2, 0) is 19.9 Å². The number of carbonyl (C=O) groups excluding carboxylic acids is 3. The van der Waals surface area contributed by atoms with Gasteiger partial charge >= 0.3 is 5.97 Å². The molecule has 0 aliphatic carbocycles.